The number of sulfonamides is 1. The highest BCUT2D eigenvalue weighted by Gasteiger charge is 2.09. The fraction of sp³-hybridized carbons (Fsp3) is 0.545. The van der Waals surface area contributed by atoms with Gasteiger partial charge < -0.3 is 11.1 Å². The van der Waals surface area contributed by atoms with Crippen LogP contribution in [0.1, 0.15) is 20.3 Å². The molecular weight excluding hydrogens is 252 g/mol. The van der Waals surface area contributed by atoms with Gasteiger partial charge in [-0.1, -0.05) is 13.8 Å². The molecule has 1 aromatic heterocycles. The van der Waals surface area contributed by atoms with Crippen LogP contribution in [0.15, 0.2) is 23.2 Å². The molecule has 1 unspecified atom stereocenters. The first-order chi connectivity index (χ1) is 8.29. The van der Waals surface area contributed by atoms with Crippen LogP contribution >= 0.6 is 0 Å². The molecule has 0 aliphatic rings. The van der Waals surface area contributed by atoms with Crippen molar-refractivity contribution in [3.63, 3.8) is 0 Å². The van der Waals surface area contributed by atoms with Crippen molar-refractivity contribution in [1.82, 2.24) is 4.98 Å². The van der Waals surface area contributed by atoms with E-state index in [2.05, 4.69) is 24.1 Å². The zero-order valence-electron chi connectivity index (χ0n) is 10.6. The second-order valence-corrected chi connectivity index (χ2v) is 6.26. The predicted molar refractivity (Wildman–Crippen MR) is 71.5 cm³/mol. The summed E-state index contributed by atoms with van der Waals surface area (Å²) in [5.41, 5.74) is 5.92. The topological polar surface area (TPSA) is 111 Å². The Morgan fingerprint density at radius 2 is 2.06 bits per heavy atom. The highest BCUT2D eigenvalue weighted by Crippen LogP contribution is 2.09. The van der Waals surface area contributed by atoms with Crippen LogP contribution in [0.4, 0.5) is 5.82 Å². The van der Waals surface area contributed by atoms with Crippen LogP contribution in [-0.4, -0.2) is 26.0 Å². The molecule has 0 radical (unpaired) electrons. The molecule has 5 N–H and O–H groups in total. The van der Waals surface area contributed by atoms with Crippen LogP contribution in [0.2, 0.25) is 0 Å². The highest BCUT2D eigenvalue weighted by atomic mass is 32.2. The Morgan fingerprint density at radius 1 is 1.39 bits per heavy atom. The lowest BCUT2D eigenvalue weighted by molar-refractivity contribution is 0.508. The lowest BCUT2D eigenvalue weighted by Crippen LogP contribution is -2.30. The first-order valence-electron chi connectivity index (χ1n) is 5.77. The van der Waals surface area contributed by atoms with E-state index in [9.17, 15) is 8.42 Å². The number of aromatic nitrogens is 1. The Hall–Kier alpha value is -1.18. The zero-order chi connectivity index (χ0) is 13.8. The van der Waals surface area contributed by atoms with Gasteiger partial charge in [0.25, 0.3) is 0 Å². The van der Waals surface area contributed by atoms with Crippen molar-refractivity contribution in [1.29, 1.82) is 0 Å². The van der Waals surface area contributed by atoms with E-state index in [1.165, 1.54) is 12.3 Å². The van der Waals surface area contributed by atoms with Gasteiger partial charge in [0.2, 0.25) is 10.0 Å². The Labute approximate surface area is 108 Å². The average Bonchev–Trinajstić information content (AvgIpc) is 2.25. The lowest BCUT2D eigenvalue weighted by Gasteiger charge is -2.15. The van der Waals surface area contributed by atoms with Gasteiger partial charge in [-0.2, -0.15) is 0 Å². The van der Waals surface area contributed by atoms with E-state index in [0.29, 0.717) is 18.3 Å². The molecule has 0 amide bonds. The summed E-state index contributed by atoms with van der Waals surface area (Å²) in [7, 11) is -3.68. The molecule has 0 saturated carbocycles. The van der Waals surface area contributed by atoms with Gasteiger partial charge >= 0.3 is 0 Å². The molecule has 0 bridgehead atoms. The second kappa shape index (κ2) is 6.12. The number of hydrogen-bond acceptors (Lipinski definition) is 5. The molecule has 6 nitrogen and oxygen atoms in total. The first-order valence-corrected chi connectivity index (χ1v) is 7.32. The van der Waals surface area contributed by atoms with Crippen molar-refractivity contribution in [2.45, 2.75) is 31.2 Å². The molecule has 0 saturated heterocycles. The normalized spacial score (nSPS) is 13.6. The number of rotatable bonds is 6. The molecule has 102 valence electrons. The zero-order valence-corrected chi connectivity index (χ0v) is 11.4. The summed E-state index contributed by atoms with van der Waals surface area (Å²) in [5, 5.41) is 8.03. The van der Waals surface area contributed by atoms with E-state index in [4.69, 9.17) is 10.9 Å². The van der Waals surface area contributed by atoms with E-state index < -0.39 is 10.0 Å². The van der Waals surface area contributed by atoms with E-state index in [1.807, 2.05) is 0 Å². The van der Waals surface area contributed by atoms with Gasteiger partial charge in [0.15, 0.2) is 0 Å². The maximum atomic E-state index is 11.0. The third kappa shape index (κ3) is 4.99. The van der Waals surface area contributed by atoms with E-state index in [0.717, 1.165) is 6.42 Å². The van der Waals surface area contributed by atoms with Crippen molar-refractivity contribution < 1.29 is 8.42 Å². The fourth-order valence-electron chi connectivity index (χ4n) is 1.58. The van der Waals surface area contributed by atoms with Crippen LogP contribution < -0.4 is 16.2 Å². The second-order valence-electron chi connectivity index (χ2n) is 4.69. The number of nitrogens with one attached hydrogen (secondary N) is 1. The fourth-order valence-corrected chi connectivity index (χ4v) is 2.04. The number of anilines is 1. The van der Waals surface area contributed by atoms with E-state index >= 15 is 0 Å². The molecule has 1 atom stereocenters. The SMILES string of the molecule is CC(C)CC(N)CNc1ccc(S(N)(=O)=O)cn1. The van der Waals surface area contributed by atoms with Gasteiger partial charge in [-0.15, -0.1) is 0 Å². The molecule has 1 aromatic rings. The lowest BCUT2D eigenvalue weighted by atomic mass is 10.0. The summed E-state index contributed by atoms with van der Waals surface area (Å²) in [5.74, 6) is 1.13. The third-order valence-corrected chi connectivity index (χ3v) is 3.28. The van der Waals surface area contributed by atoms with Crippen molar-refractivity contribution in [2.24, 2.45) is 16.8 Å². The number of nitrogens with two attached hydrogens (primary N) is 2. The molecule has 1 heterocycles. The Kier molecular flexibility index (Phi) is 5.06. The molecule has 0 aliphatic carbocycles. The minimum atomic E-state index is -3.68. The molecule has 0 aromatic carbocycles. The number of primary sulfonamides is 1. The Balaban J connectivity index is 2.55. The molecule has 0 aliphatic heterocycles. The van der Waals surface area contributed by atoms with Crippen molar-refractivity contribution in [3.05, 3.63) is 18.3 Å². The maximum Gasteiger partial charge on any atom is 0.239 e. The van der Waals surface area contributed by atoms with E-state index in [-0.39, 0.29) is 10.9 Å². The van der Waals surface area contributed by atoms with Gasteiger partial charge in [-0.05, 0) is 24.5 Å². The highest BCUT2D eigenvalue weighted by molar-refractivity contribution is 7.89. The molecule has 18 heavy (non-hydrogen) atoms. The van der Waals surface area contributed by atoms with Gasteiger partial charge in [0.05, 0.1) is 0 Å². The average molecular weight is 272 g/mol. The molecule has 7 heteroatoms. The van der Waals surface area contributed by atoms with Gasteiger partial charge in [0, 0.05) is 18.8 Å². The summed E-state index contributed by atoms with van der Waals surface area (Å²) in [6.45, 7) is 4.82. The third-order valence-electron chi connectivity index (χ3n) is 2.38. The summed E-state index contributed by atoms with van der Waals surface area (Å²) < 4.78 is 22.1. The smallest absolute Gasteiger partial charge is 0.239 e. The van der Waals surface area contributed by atoms with Crippen molar-refractivity contribution >= 4 is 15.8 Å². The summed E-state index contributed by atoms with van der Waals surface area (Å²) in [4.78, 5) is 3.97. The quantitative estimate of drug-likeness (QED) is 0.699. The van der Waals surface area contributed by atoms with Crippen LogP contribution in [0.5, 0.6) is 0 Å². The van der Waals surface area contributed by atoms with Crippen LogP contribution in [0.25, 0.3) is 0 Å². The molecular formula is C11H20N4O2S. The summed E-state index contributed by atoms with van der Waals surface area (Å²) >= 11 is 0. The Bertz CT molecular complexity index is 470. The number of nitrogens with zero attached hydrogens (tertiary/aromatic N) is 1. The minimum Gasteiger partial charge on any atom is -0.369 e. The first kappa shape index (κ1) is 14.9. The molecule has 0 spiro atoms. The monoisotopic (exact) mass is 272 g/mol. The van der Waals surface area contributed by atoms with Crippen LogP contribution in [0.3, 0.4) is 0 Å². The van der Waals surface area contributed by atoms with Crippen LogP contribution in [-0.2, 0) is 10.0 Å². The number of hydrogen-bond donors (Lipinski definition) is 3. The molecule has 0 fully saturated rings. The largest absolute Gasteiger partial charge is 0.369 e. The standard InChI is InChI=1S/C11H20N4O2S/c1-8(2)5-9(12)6-14-11-4-3-10(7-15-11)18(13,16)17/h3-4,7-9H,5-6,12H2,1-2H3,(H,14,15)(H2,13,16,17). The van der Waals surface area contributed by atoms with Crippen LogP contribution in [0, 0.1) is 5.92 Å². The van der Waals surface area contributed by atoms with Gasteiger partial charge in [-0.25, -0.2) is 18.5 Å². The molecule has 1 rings (SSSR count). The van der Waals surface area contributed by atoms with Gasteiger partial charge in [0.1, 0.15) is 10.7 Å². The van der Waals surface area contributed by atoms with E-state index in [1.54, 1.807) is 6.07 Å². The number of pyridine rings is 1. The predicted octanol–water partition coefficient (Wildman–Crippen LogP) is 0.514. The Morgan fingerprint density at radius 3 is 2.50 bits per heavy atom. The van der Waals surface area contributed by atoms with Gasteiger partial charge in [-0.3, -0.25) is 0 Å². The summed E-state index contributed by atoms with van der Waals surface area (Å²) in [6, 6.07) is 3.03. The minimum absolute atomic E-state index is 0.000436. The maximum absolute atomic E-state index is 11.0. The van der Waals surface area contributed by atoms with Crippen molar-refractivity contribution in [3.8, 4) is 0 Å². The summed E-state index contributed by atoms with van der Waals surface area (Å²) in [6.07, 6.45) is 2.15. The van der Waals surface area contributed by atoms with Crippen molar-refractivity contribution in [2.75, 3.05) is 11.9 Å².